The highest BCUT2D eigenvalue weighted by molar-refractivity contribution is 5.99. The van der Waals surface area contributed by atoms with Crippen molar-refractivity contribution in [1.29, 1.82) is 0 Å². The van der Waals surface area contributed by atoms with E-state index in [0.717, 1.165) is 44.6 Å². The summed E-state index contributed by atoms with van der Waals surface area (Å²) < 4.78 is 7.28. The molecule has 0 saturated carbocycles. The molecule has 0 bridgehead atoms. The maximum absolute atomic E-state index is 12.0. The first-order valence-corrected chi connectivity index (χ1v) is 8.74. The minimum absolute atomic E-state index is 0.00839. The van der Waals surface area contributed by atoms with E-state index in [-0.39, 0.29) is 5.91 Å². The lowest BCUT2D eigenvalue weighted by molar-refractivity contribution is 0.0966. The first-order valence-electron chi connectivity index (χ1n) is 8.74. The standard InChI is InChI=1S/C22H17N3O2/c1-27-18-6-4-14(5-7-18)19-9-17(12-25-13-23-11-21(19)25)15-2-3-16-10-24-22(26)20(16)8-15/h2-9,11-13H,10H2,1H3,(H,24,26). The van der Waals surface area contributed by atoms with Gasteiger partial charge in [-0.3, -0.25) is 4.79 Å². The van der Waals surface area contributed by atoms with Gasteiger partial charge in [0.25, 0.3) is 5.91 Å². The van der Waals surface area contributed by atoms with Gasteiger partial charge in [0, 0.05) is 23.9 Å². The molecule has 1 aliphatic heterocycles. The smallest absolute Gasteiger partial charge is 0.251 e. The van der Waals surface area contributed by atoms with Crippen molar-refractivity contribution in [3.63, 3.8) is 0 Å². The van der Waals surface area contributed by atoms with E-state index in [2.05, 4.69) is 22.4 Å². The first-order chi connectivity index (χ1) is 13.2. The van der Waals surface area contributed by atoms with Gasteiger partial charge in [0.05, 0.1) is 25.2 Å². The van der Waals surface area contributed by atoms with E-state index in [1.54, 1.807) is 13.4 Å². The third-order valence-electron chi connectivity index (χ3n) is 5.05. The molecular weight excluding hydrogens is 338 g/mol. The molecule has 0 saturated heterocycles. The van der Waals surface area contributed by atoms with E-state index < -0.39 is 0 Å². The fraction of sp³-hybridized carbons (Fsp3) is 0.0909. The number of pyridine rings is 1. The molecule has 5 nitrogen and oxygen atoms in total. The van der Waals surface area contributed by atoms with Gasteiger partial charge in [-0.15, -0.1) is 0 Å². The molecule has 1 amide bonds. The van der Waals surface area contributed by atoms with Crippen LogP contribution in [-0.4, -0.2) is 22.4 Å². The number of carbonyl (C=O) groups excluding carboxylic acids is 1. The fourth-order valence-electron chi connectivity index (χ4n) is 3.58. The zero-order valence-electron chi connectivity index (χ0n) is 14.8. The Morgan fingerprint density at radius 1 is 1.00 bits per heavy atom. The number of ether oxygens (including phenoxy) is 1. The Kier molecular flexibility index (Phi) is 3.47. The highest BCUT2D eigenvalue weighted by atomic mass is 16.5. The topological polar surface area (TPSA) is 55.6 Å². The Balaban J connectivity index is 1.68. The van der Waals surface area contributed by atoms with E-state index in [0.29, 0.717) is 6.54 Å². The van der Waals surface area contributed by atoms with Crippen molar-refractivity contribution < 1.29 is 9.53 Å². The first kappa shape index (κ1) is 15.6. The van der Waals surface area contributed by atoms with Crippen LogP contribution in [0.15, 0.2) is 67.3 Å². The summed E-state index contributed by atoms with van der Waals surface area (Å²) in [5.41, 5.74) is 7.04. The monoisotopic (exact) mass is 355 g/mol. The zero-order chi connectivity index (χ0) is 18.4. The van der Waals surface area contributed by atoms with Gasteiger partial charge in [-0.05, 0) is 46.5 Å². The quantitative estimate of drug-likeness (QED) is 0.606. The Hall–Kier alpha value is -3.60. The van der Waals surface area contributed by atoms with Crippen LogP contribution in [0.5, 0.6) is 5.75 Å². The summed E-state index contributed by atoms with van der Waals surface area (Å²) in [6, 6.07) is 16.2. The number of benzene rings is 2. The molecule has 0 aliphatic carbocycles. The van der Waals surface area contributed by atoms with Crippen LogP contribution in [0.4, 0.5) is 0 Å². The number of hydrogen-bond acceptors (Lipinski definition) is 3. The molecule has 0 fully saturated rings. The van der Waals surface area contributed by atoms with Crippen LogP contribution in [0, 0.1) is 0 Å². The molecule has 1 N–H and O–H groups in total. The van der Waals surface area contributed by atoms with E-state index in [9.17, 15) is 4.79 Å². The van der Waals surface area contributed by atoms with E-state index >= 15 is 0 Å². The van der Waals surface area contributed by atoms with Crippen molar-refractivity contribution in [2.24, 2.45) is 0 Å². The second-order valence-corrected chi connectivity index (χ2v) is 6.61. The Bertz CT molecular complexity index is 1180. The molecule has 2 aromatic heterocycles. The third kappa shape index (κ3) is 2.56. The SMILES string of the molecule is COc1ccc(-c2cc(-c3ccc4c(c3)C(=O)NC4)cn3cncc23)cc1. The summed E-state index contributed by atoms with van der Waals surface area (Å²) in [4.78, 5) is 16.3. The normalized spacial score (nSPS) is 12.9. The van der Waals surface area contributed by atoms with Crippen LogP contribution in [0.2, 0.25) is 0 Å². The second-order valence-electron chi connectivity index (χ2n) is 6.61. The van der Waals surface area contributed by atoms with Gasteiger partial charge in [0.1, 0.15) is 5.75 Å². The molecule has 4 aromatic rings. The average Bonchev–Trinajstić information content (AvgIpc) is 3.34. The van der Waals surface area contributed by atoms with Crippen molar-refractivity contribution >= 4 is 11.4 Å². The van der Waals surface area contributed by atoms with Gasteiger partial charge in [-0.1, -0.05) is 24.3 Å². The molecule has 0 spiro atoms. The number of nitrogens with one attached hydrogen (secondary N) is 1. The minimum atomic E-state index is -0.00839. The molecule has 5 heteroatoms. The van der Waals surface area contributed by atoms with Crippen molar-refractivity contribution in [2.75, 3.05) is 7.11 Å². The largest absolute Gasteiger partial charge is 0.497 e. The van der Waals surface area contributed by atoms with Gasteiger partial charge < -0.3 is 14.5 Å². The van der Waals surface area contributed by atoms with Gasteiger partial charge in [0.15, 0.2) is 0 Å². The maximum atomic E-state index is 12.0. The lowest BCUT2D eigenvalue weighted by atomic mass is 9.98. The molecule has 0 radical (unpaired) electrons. The molecule has 1 aliphatic rings. The number of imidazole rings is 1. The van der Waals surface area contributed by atoms with Crippen LogP contribution in [0.3, 0.4) is 0 Å². The van der Waals surface area contributed by atoms with E-state index in [4.69, 9.17) is 4.74 Å². The lowest BCUT2D eigenvalue weighted by Gasteiger charge is -2.11. The van der Waals surface area contributed by atoms with Gasteiger partial charge in [-0.2, -0.15) is 0 Å². The molecule has 2 aromatic carbocycles. The molecule has 0 atom stereocenters. The number of fused-ring (bicyclic) bond motifs is 2. The zero-order valence-corrected chi connectivity index (χ0v) is 14.8. The van der Waals surface area contributed by atoms with Crippen molar-refractivity contribution in [3.05, 3.63) is 78.4 Å². The number of nitrogens with zero attached hydrogens (tertiary/aromatic N) is 2. The number of aromatic nitrogens is 2. The summed E-state index contributed by atoms with van der Waals surface area (Å²) in [6.45, 7) is 0.603. The fourth-order valence-corrected chi connectivity index (χ4v) is 3.58. The van der Waals surface area contributed by atoms with Crippen molar-refractivity contribution in [3.8, 4) is 28.0 Å². The number of amides is 1. The van der Waals surface area contributed by atoms with E-state index in [1.807, 2.05) is 53.2 Å². The molecule has 3 heterocycles. The van der Waals surface area contributed by atoms with Crippen LogP contribution in [0.1, 0.15) is 15.9 Å². The summed E-state index contributed by atoms with van der Waals surface area (Å²) >= 11 is 0. The highest BCUT2D eigenvalue weighted by Crippen LogP contribution is 2.32. The number of hydrogen-bond donors (Lipinski definition) is 1. The lowest BCUT2D eigenvalue weighted by Crippen LogP contribution is -2.12. The number of rotatable bonds is 3. The van der Waals surface area contributed by atoms with Crippen molar-refractivity contribution in [1.82, 2.24) is 14.7 Å². The third-order valence-corrected chi connectivity index (χ3v) is 5.05. The molecule has 0 unspecified atom stereocenters. The Morgan fingerprint density at radius 3 is 2.59 bits per heavy atom. The van der Waals surface area contributed by atoms with Gasteiger partial charge in [-0.25, -0.2) is 4.98 Å². The predicted octanol–water partition coefficient (Wildman–Crippen LogP) is 3.92. The highest BCUT2D eigenvalue weighted by Gasteiger charge is 2.19. The summed E-state index contributed by atoms with van der Waals surface area (Å²) in [5.74, 6) is 0.815. The van der Waals surface area contributed by atoms with Gasteiger partial charge >= 0.3 is 0 Å². The minimum Gasteiger partial charge on any atom is -0.497 e. The maximum Gasteiger partial charge on any atom is 0.251 e. The molecule has 5 rings (SSSR count). The Labute approximate surface area is 156 Å². The molecule has 132 valence electrons. The number of methoxy groups -OCH3 is 1. The van der Waals surface area contributed by atoms with Crippen LogP contribution >= 0.6 is 0 Å². The Morgan fingerprint density at radius 2 is 1.78 bits per heavy atom. The summed E-state index contributed by atoms with van der Waals surface area (Å²) in [6.07, 6.45) is 5.70. The van der Waals surface area contributed by atoms with Crippen LogP contribution < -0.4 is 10.1 Å². The predicted molar refractivity (Wildman–Crippen MR) is 104 cm³/mol. The second kappa shape index (κ2) is 5.99. The summed E-state index contributed by atoms with van der Waals surface area (Å²) in [7, 11) is 1.66. The average molecular weight is 355 g/mol. The van der Waals surface area contributed by atoms with Crippen LogP contribution in [0.25, 0.3) is 27.8 Å². The molecule has 27 heavy (non-hydrogen) atoms. The summed E-state index contributed by atoms with van der Waals surface area (Å²) in [5, 5.41) is 2.87. The number of carbonyl (C=O) groups is 1. The van der Waals surface area contributed by atoms with Crippen LogP contribution in [-0.2, 0) is 6.54 Å². The van der Waals surface area contributed by atoms with Gasteiger partial charge in [0.2, 0.25) is 0 Å². The van der Waals surface area contributed by atoms with E-state index in [1.165, 1.54) is 0 Å². The van der Waals surface area contributed by atoms with Crippen molar-refractivity contribution in [2.45, 2.75) is 6.54 Å². The molecular formula is C22H17N3O2.